The largest absolute Gasteiger partial charge is 0.425 e. The summed E-state index contributed by atoms with van der Waals surface area (Å²) in [5.41, 5.74) is 10.8. The Morgan fingerprint density at radius 3 is 2.30 bits per heavy atom. The number of hydrogen-bond acceptors (Lipinski definition) is 6. The number of nitrogens with two attached hydrogens (primary N) is 2. The lowest BCUT2D eigenvalue weighted by atomic mass is 10.1. The van der Waals surface area contributed by atoms with Crippen LogP contribution in [0.2, 0.25) is 0 Å². The van der Waals surface area contributed by atoms with Crippen molar-refractivity contribution in [2.75, 3.05) is 6.54 Å². The number of hydrogen-bond donors (Lipinski definition) is 3. The van der Waals surface area contributed by atoms with Crippen LogP contribution in [-0.2, 0) is 4.79 Å². The van der Waals surface area contributed by atoms with Gasteiger partial charge in [0.2, 0.25) is 0 Å². The number of carbonyl (C=O) groups excluding carboxylic acids is 2. The quantitative estimate of drug-likeness (QED) is 0.103. The lowest BCUT2D eigenvalue weighted by Crippen LogP contribution is -2.43. The molecule has 1 amide bonds. The SMILES string of the molecule is Cl.NC(N)=NCCC[C@@H](NC(=O)c1ccccc1)C(=O)Oc1ccc([N+](=O)[O-])cc1. The van der Waals surface area contributed by atoms with Crippen LogP contribution in [0.4, 0.5) is 5.69 Å². The number of esters is 1. The van der Waals surface area contributed by atoms with E-state index >= 15 is 0 Å². The number of nitrogens with one attached hydrogen (secondary N) is 1. The van der Waals surface area contributed by atoms with Gasteiger partial charge in [0, 0.05) is 24.2 Å². The monoisotopic (exact) mass is 435 g/mol. The first-order valence-electron chi connectivity index (χ1n) is 8.74. The van der Waals surface area contributed by atoms with Gasteiger partial charge in [-0.3, -0.25) is 19.9 Å². The van der Waals surface area contributed by atoms with Gasteiger partial charge in [-0.05, 0) is 37.1 Å². The molecule has 2 rings (SSSR count). The first-order valence-corrected chi connectivity index (χ1v) is 8.74. The molecule has 11 heteroatoms. The third kappa shape index (κ3) is 7.76. The van der Waals surface area contributed by atoms with Gasteiger partial charge in [0.05, 0.1) is 4.92 Å². The number of carbonyl (C=O) groups is 2. The third-order valence-electron chi connectivity index (χ3n) is 3.84. The standard InChI is InChI=1S/C19H21N5O5.ClH/c20-19(21)22-12-4-7-16(23-17(25)13-5-2-1-3-6-13)18(26)29-15-10-8-14(9-11-15)24(27)28;/h1-3,5-6,8-11,16H,4,7,12H2,(H,23,25)(H4,20,21,22);1H/t16-;/m1./s1. The maximum absolute atomic E-state index is 12.6. The van der Waals surface area contributed by atoms with Gasteiger partial charge >= 0.3 is 5.97 Å². The molecule has 0 fully saturated rings. The summed E-state index contributed by atoms with van der Waals surface area (Å²) in [5.74, 6) is -1.07. The molecule has 0 saturated carbocycles. The number of ether oxygens (including phenoxy) is 1. The van der Waals surface area contributed by atoms with E-state index in [0.29, 0.717) is 12.0 Å². The van der Waals surface area contributed by atoms with E-state index in [-0.39, 0.29) is 42.8 Å². The minimum atomic E-state index is -0.952. The van der Waals surface area contributed by atoms with E-state index in [9.17, 15) is 19.7 Å². The fourth-order valence-corrected chi connectivity index (χ4v) is 2.41. The highest BCUT2D eigenvalue weighted by molar-refractivity contribution is 5.96. The van der Waals surface area contributed by atoms with Crippen molar-refractivity contribution in [3.8, 4) is 5.75 Å². The Kier molecular flexibility index (Phi) is 9.77. The smallest absolute Gasteiger partial charge is 0.334 e. The Bertz CT molecular complexity index is 886. The number of guanidine groups is 1. The summed E-state index contributed by atoms with van der Waals surface area (Å²) in [5, 5.41) is 13.4. The fourth-order valence-electron chi connectivity index (χ4n) is 2.41. The Morgan fingerprint density at radius 2 is 1.73 bits per heavy atom. The topological polar surface area (TPSA) is 163 Å². The number of nitro benzene ring substituents is 1. The van der Waals surface area contributed by atoms with Gasteiger partial charge in [-0.15, -0.1) is 12.4 Å². The number of non-ortho nitro benzene ring substituents is 1. The molecule has 2 aromatic carbocycles. The molecule has 30 heavy (non-hydrogen) atoms. The van der Waals surface area contributed by atoms with Crippen molar-refractivity contribution in [2.24, 2.45) is 16.5 Å². The minimum absolute atomic E-state index is 0. The first kappa shape index (κ1) is 24.4. The van der Waals surface area contributed by atoms with Crippen molar-refractivity contribution in [1.82, 2.24) is 5.32 Å². The van der Waals surface area contributed by atoms with E-state index in [1.807, 2.05) is 0 Å². The van der Waals surface area contributed by atoms with Crippen molar-refractivity contribution >= 4 is 35.9 Å². The second-order valence-electron chi connectivity index (χ2n) is 6.01. The molecule has 2 aromatic rings. The van der Waals surface area contributed by atoms with E-state index < -0.39 is 22.8 Å². The zero-order chi connectivity index (χ0) is 21.2. The van der Waals surface area contributed by atoms with E-state index in [2.05, 4.69) is 10.3 Å². The molecule has 0 aliphatic rings. The second kappa shape index (κ2) is 12.0. The molecule has 0 aliphatic carbocycles. The van der Waals surface area contributed by atoms with Gasteiger partial charge < -0.3 is 21.5 Å². The zero-order valence-electron chi connectivity index (χ0n) is 15.9. The van der Waals surface area contributed by atoms with Crippen molar-refractivity contribution < 1.29 is 19.2 Å². The Morgan fingerprint density at radius 1 is 1.10 bits per heavy atom. The summed E-state index contributed by atoms with van der Waals surface area (Å²) in [7, 11) is 0. The number of rotatable bonds is 9. The molecule has 0 radical (unpaired) electrons. The highest BCUT2D eigenvalue weighted by atomic mass is 35.5. The van der Waals surface area contributed by atoms with E-state index in [1.54, 1.807) is 30.3 Å². The van der Waals surface area contributed by atoms with Crippen molar-refractivity contribution in [3.05, 3.63) is 70.3 Å². The van der Waals surface area contributed by atoms with Gasteiger partial charge in [-0.25, -0.2) is 4.79 Å². The Labute approximate surface area is 178 Å². The number of nitro groups is 1. The molecule has 160 valence electrons. The zero-order valence-corrected chi connectivity index (χ0v) is 16.7. The Hall–Kier alpha value is -3.66. The normalized spacial score (nSPS) is 10.8. The van der Waals surface area contributed by atoms with Gasteiger partial charge in [0.15, 0.2) is 5.96 Å². The number of benzene rings is 2. The summed E-state index contributed by atoms with van der Waals surface area (Å²) < 4.78 is 5.26. The van der Waals surface area contributed by atoms with Crippen LogP contribution in [0.15, 0.2) is 59.6 Å². The minimum Gasteiger partial charge on any atom is -0.425 e. The van der Waals surface area contributed by atoms with Crippen LogP contribution in [0.3, 0.4) is 0 Å². The van der Waals surface area contributed by atoms with Crippen molar-refractivity contribution in [3.63, 3.8) is 0 Å². The predicted molar refractivity (Wildman–Crippen MR) is 114 cm³/mol. The van der Waals surface area contributed by atoms with Crippen molar-refractivity contribution in [2.45, 2.75) is 18.9 Å². The lowest BCUT2D eigenvalue weighted by Gasteiger charge is -2.17. The van der Waals surface area contributed by atoms with Crippen LogP contribution in [0, 0.1) is 10.1 Å². The summed E-state index contributed by atoms with van der Waals surface area (Å²) >= 11 is 0. The molecule has 0 heterocycles. The molecule has 0 saturated heterocycles. The number of nitrogens with zero attached hydrogens (tertiary/aromatic N) is 2. The molecule has 5 N–H and O–H groups in total. The van der Waals surface area contributed by atoms with Crippen molar-refractivity contribution in [1.29, 1.82) is 0 Å². The van der Waals surface area contributed by atoms with Gasteiger partial charge in [-0.2, -0.15) is 0 Å². The molecule has 0 unspecified atom stereocenters. The summed E-state index contributed by atoms with van der Waals surface area (Å²) in [6, 6.07) is 12.5. The van der Waals surface area contributed by atoms with Crippen LogP contribution >= 0.6 is 12.4 Å². The maximum atomic E-state index is 12.6. The van der Waals surface area contributed by atoms with Gasteiger partial charge in [0.25, 0.3) is 11.6 Å². The number of aliphatic imine (C=N–C) groups is 1. The lowest BCUT2D eigenvalue weighted by molar-refractivity contribution is -0.384. The molecule has 0 spiro atoms. The molecule has 0 bridgehead atoms. The molecule has 0 aliphatic heterocycles. The third-order valence-corrected chi connectivity index (χ3v) is 3.84. The average molecular weight is 436 g/mol. The molecule has 10 nitrogen and oxygen atoms in total. The van der Waals surface area contributed by atoms with Crippen LogP contribution in [0.25, 0.3) is 0 Å². The van der Waals surface area contributed by atoms with Crippen LogP contribution in [-0.4, -0.2) is 35.3 Å². The molecule has 1 atom stereocenters. The maximum Gasteiger partial charge on any atom is 0.334 e. The van der Waals surface area contributed by atoms with Crippen LogP contribution < -0.4 is 21.5 Å². The van der Waals surface area contributed by atoms with Gasteiger partial charge in [0.1, 0.15) is 11.8 Å². The summed E-state index contributed by atoms with van der Waals surface area (Å²) in [6.45, 7) is 0.283. The number of amides is 1. The van der Waals surface area contributed by atoms with E-state index in [4.69, 9.17) is 16.2 Å². The first-order chi connectivity index (χ1) is 13.9. The highest BCUT2D eigenvalue weighted by Crippen LogP contribution is 2.18. The van der Waals surface area contributed by atoms with E-state index in [1.165, 1.54) is 24.3 Å². The molecule has 0 aromatic heterocycles. The van der Waals surface area contributed by atoms with Crippen LogP contribution in [0.1, 0.15) is 23.2 Å². The predicted octanol–water partition coefficient (Wildman–Crippen LogP) is 1.77. The molecular weight excluding hydrogens is 414 g/mol. The summed E-state index contributed by atoms with van der Waals surface area (Å²) in [6.07, 6.45) is 0.661. The van der Waals surface area contributed by atoms with E-state index in [0.717, 1.165) is 0 Å². The average Bonchev–Trinajstić information content (AvgIpc) is 2.71. The number of halogens is 1. The Balaban J connectivity index is 0.00000450. The second-order valence-corrected chi connectivity index (χ2v) is 6.01. The highest BCUT2D eigenvalue weighted by Gasteiger charge is 2.23. The van der Waals surface area contributed by atoms with Gasteiger partial charge in [-0.1, -0.05) is 18.2 Å². The molecular formula is C19H22ClN5O5. The van der Waals surface area contributed by atoms with Crippen LogP contribution in [0.5, 0.6) is 5.75 Å². The summed E-state index contributed by atoms with van der Waals surface area (Å²) in [4.78, 5) is 39.0. The fraction of sp³-hybridized carbons (Fsp3) is 0.211.